The third-order valence-corrected chi connectivity index (χ3v) is 4.68. The second-order valence-corrected chi connectivity index (χ2v) is 6.43. The standard InChI is InChI=1S/C15H15N7OS/c1-10-8-24-15(19-10)20-14(23)11-6-21(7-11)12-5-13(17-9-16-12)22-4-2-3-18-22/h2-5,8-9,11H,6-7H2,1H3,(H,19,20,23). The molecule has 8 nitrogen and oxygen atoms in total. The van der Waals surface area contributed by atoms with E-state index in [9.17, 15) is 4.79 Å². The number of rotatable bonds is 4. The van der Waals surface area contributed by atoms with E-state index >= 15 is 0 Å². The van der Waals surface area contributed by atoms with Gasteiger partial charge in [-0.2, -0.15) is 5.10 Å². The van der Waals surface area contributed by atoms with Crippen molar-refractivity contribution < 1.29 is 4.79 Å². The molecule has 3 aromatic rings. The Bertz CT molecular complexity index is 854. The highest BCUT2D eigenvalue weighted by Gasteiger charge is 2.34. The van der Waals surface area contributed by atoms with Gasteiger partial charge in [0.2, 0.25) is 5.91 Å². The van der Waals surface area contributed by atoms with Crippen molar-refractivity contribution in [1.82, 2.24) is 24.7 Å². The summed E-state index contributed by atoms with van der Waals surface area (Å²) >= 11 is 1.44. The Morgan fingerprint density at radius 3 is 2.88 bits per heavy atom. The summed E-state index contributed by atoms with van der Waals surface area (Å²) in [5.41, 5.74) is 0.915. The first-order valence-corrected chi connectivity index (χ1v) is 8.37. The van der Waals surface area contributed by atoms with Crippen LogP contribution in [0.25, 0.3) is 5.82 Å². The number of anilines is 2. The number of carbonyl (C=O) groups is 1. The molecule has 3 aromatic heterocycles. The first kappa shape index (κ1) is 14.8. The van der Waals surface area contributed by atoms with Gasteiger partial charge in [-0.3, -0.25) is 4.79 Å². The topological polar surface area (TPSA) is 88.8 Å². The smallest absolute Gasteiger partial charge is 0.232 e. The number of hydrogen-bond donors (Lipinski definition) is 1. The molecule has 1 aliphatic heterocycles. The van der Waals surface area contributed by atoms with E-state index in [1.165, 1.54) is 17.7 Å². The van der Waals surface area contributed by atoms with Crippen molar-refractivity contribution in [2.75, 3.05) is 23.3 Å². The number of nitrogens with one attached hydrogen (secondary N) is 1. The maximum absolute atomic E-state index is 12.2. The number of hydrogen-bond acceptors (Lipinski definition) is 7. The fourth-order valence-corrected chi connectivity index (χ4v) is 3.18. The molecule has 1 N–H and O–H groups in total. The zero-order valence-corrected chi connectivity index (χ0v) is 13.8. The third-order valence-electron chi connectivity index (χ3n) is 3.80. The molecule has 4 heterocycles. The molecule has 0 spiro atoms. The summed E-state index contributed by atoms with van der Waals surface area (Å²) in [6, 6.07) is 3.71. The molecule has 122 valence electrons. The average molecular weight is 341 g/mol. The van der Waals surface area contributed by atoms with Crippen LogP contribution >= 0.6 is 11.3 Å². The average Bonchev–Trinajstić information content (AvgIpc) is 3.18. The largest absolute Gasteiger partial charge is 0.355 e. The molecule has 24 heavy (non-hydrogen) atoms. The molecule has 9 heteroatoms. The predicted octanol–water partition coefficient (Wildman–Crippen LogP) is 1.50. The van der Waals surface area contributed by atoms with Gasteiger partial charge in [0.05, 0.1) is 11.6 Å². The van der Waals surface area contributed by atoms with Crippen molar-refractivity contribution in [3.63, 3.8) is 0 Å². The fraction of sp³-hybridized carbons (Fsp3) is 0.267. The molecule has 0 saturated carbocycles. The summed E-state index contributed by atoms with van der Waals surface area (Å²) in [5, 5.41) is 9.59. The minimum atomic E-state index is -0.0580. The Morgan fingerprint density at radius 1 is 1.33 bits per heavy atom. The second-order valence-electron chi connectivity index (χ2n) is 5.57. The highest BCUT2D eigenvalue weighted by Crippen LogP contribution is 2.25. The molecule has 0 aliphatic carbocycles. The quantitative estimate of drug-likeness (QED) is 0.774. The van der Waals surface area contributed by atoms with Crippen LogP contribution in [0.3, 0.4) is 0 Å². The van der Waals surface area contributed by atoms with Gasteiger partial charge in [-0.25, -0.2) is 19.6 Å². The lowest BCUT2D eigenvalue weighted by molar-refractivity contribution is -0.120. The van der Waals surface area contributed by atoms with Crippen LogP contribution in [-0.4, -0.2) is 43.7 Å². The van der Waals surface area contributed by atoms with Crippen LogP contribution in [0.15, 0.2) is 36.2 Å². The number of thiazole rings is 1. The zero-order valence-electron chi connectivity index (χ0n) is 13.0. The summed E-state index contributed by atoms with van der Waals surface area (Å²) in [5.74, 6) is 1.44. The lowest BCUT2D eigenvalue weighted by Gasteiger charge is -2.38. The van der Waals surface area contributed by atoms with E-state index in [-0.39, 0.29) is 11.8 Å². The van der Waals surface area contributed by atoms with Gasteiger partial charge in [0.25, 0.3) is 0 Å². The Morgan fingerprint density at radius 2 is 2.17 bits per heavy atom. The third kappa shape index (κ3) is 2.85. The molecular formula is C15H15N7OS. The maximum Gasteiger partial charge on any atom is 0.232 e. The molecule has 0 bridgehead atoms. The van der Waals surface area contributed by atoms with Crippen LogP contribution in [-0.2, 0) is 4.79 Å². The minimum absolute atomic E-state index is 0.00181. The van der Waals surface area contributed by atoms with Crippen molar-refractivity contribution in [3.8, 4) is 5.82 Å². The molecule has 1 saturated heterocycles. The van der Waals surface area contributed by atoms with Crippen LogP contribution in [0.4, 0.5) is 10.9 Å². The first-order valence-electron chi connectivity index (χ1n) is 7.49. The SMILES string of the molecule is Cc1csc(NC(=O)C2CN(c3cc(-n4cccn4)ncn3)C2)n1. The van der Waals surface area contributed by atoms with Crippen molar-refractivity contribution in [1.29, 1.82) is 0 Å². The second kappa shape index (κ2) is 6.00. The van der Waals surface area contributed by atoms with Gasteiger partial charge in [-0.1, -0.05) is 0 Å². The molecule has 1 fully saturated rings. The summed E-state index contributed by atoms with van der Waals surface area (Å²) < 4.78 is 1.68. The Hall–Kier alpha value is -2.81. The first-order chi connectivity index (χ1) is 11.7. The lowest BCUT2D eigenvalue weighted by atomic mass is 9.99. The number of carbonyl (C=O) groups excluding carboxylic acids is 1. The minimum Gasteiger partial charge on any atom is -0.355 e. The Kier molecular flexibility index (Phi) is 3.69. The van der Waals surface area contributed by atoms with E-state index in [1.54, 1.807) is 10.9 Å². The van der Waals surface area contributed by atoms with Crippen molar-refractivity contribution in [2.45, 2.75) is 6.92 Å². The number of aromatic nitrogens is 5. The summed E-state index contributed by atoms with van der Waals surface area (Å²) in [6.45, 7) is 3.17. The highest BCUT2D eigenvalue weighted by molar-refractivity contribution is 7.13. The Balaban J connectivity index is 1.39. The highest BCUT2D eigenvalue weighted by atomic mass is 32.1. The van der Waals surface area contributed by atoms with Gasteiger partial charge in [0, 0.05) is 36.9 Å². The Labute approximate surface area is 142 Å². The van der Waals surface area contributed by atoms with Gasteiger partial charge < -0.3 is 10.2 Å². The van der Waals surface area contributed by atoms with Gasteiger partial charge >= 0.3 is 0 Å². The number of nitrogens with zero attached hydrogens (tertiary/aromatic N) is 6. The summed E-state index contributed by atoms with van der Waals surface area (Å²) in [4.78, 5) is 27.0. The van der Waals surface area contributed by atoms with Crippen LogP contribution in [0.2, 0.25) is 0 Å². The van der Waals surface area contributed by atoms with Crippen LogP contribution in [0.5, 0.6) is 0 Å². The van der Waals surface area contributed by atoms with Gasteiger partial charge in [0.15, 0.2) is 10.9 Å². The molecule has 4 rings (SSSR count). The molecular weight excluding hydrogens is 326 g/mol. The molecule has 1 amide bonds. The van der Waals surface area contributed by atoms with E-state index in [0.29, 0.717) is 24.0 Å². The monoisotopic (exact) mass is 341 g/mol. The van der Waals surface area contributed by atoms with E-state index in [4.69, 9.17) is 0 Å². The van der Waals surface area contributed by atoms with Crippen LogP contribution < -0.4 is 10.2 Å². The van der Waals surface area contributed by atoms with Crippen molar-refractivity contribution in [3.05, 3.63) is 41.9 Å². The zero-order chi connectivity index (χ0) is 16.5. The van der Waals surface area contributed by atoms with E-state index < -0.39 is 0 Å². The van der Waals surface area contributed by atoms with Gasteiger partial charge in [-0.05, 0) is 13.0 Å². The van der Waals surface area contributed by atoms with E-state index in [0.717, 1.165) is 11.5 Å². The molecule has 1 aliphatic rings. The van der Waals surface area contributed by atoms with Crippen LogP contribution in [0, 0.1) is 12.8 Å². The van der Waals surface area contributed by atoms with Gasteiger partial charge in [0.1, 0.15) is 12.1 Å². The molecule has 0 atom stereocenters. The molecule has 0 unspecified atom stereocenters. The normalized spacial score (nSPS) is 14.5. The van der Waals surface area contributed by atoms with Crippen molar-refractivity contribution >= 4 is 28.2 Å². The van der Waals surface area contributed by atoms with Gasteiger partial charge in [-0.15, -0.1) is 11.3 Å². The van der Waals surface area contributed by atoms with E-state index in [2.05, 4.69) is 25.4 Å². The maximum atomic E-state index is 12.2. The summed E-state index contributed by atoms with van der Waals surface area (Å²) in [6.07, 6.45) is 5.04. The molecule has 0 aromatic carbocycles. The lowest BCUT2D eigenvalue weighted by Crippen LogP contribution is -2.52. The predicted molar refractivity (Wildman–Crippen MR) is 90.3 cm³/mol. The number of amides is 1. The summed E-state index contributed by atoms with van der Waals surface area (Å²) in [7, 11) is 0. The fourth-order valence-electron chi connectivity index (χ4n) is 2.49. The van der Waals surface area contributed by atoms with Crippen LogP contribution in [0.1, 0.15) is 5.69 Å². The van der Waals surface area contributed by atoms with E-state index in [1.807, 2.05) is 35.5 Å². The van der Waals surface area contributed by atoms with Crippen molar-refractivity contribution in [2.24, 2.45) is 5.92 Å². The number of aryl methyl sites for hydroxylation is 1. The molecule has 0 radical (unpaired) electrons.